The zero-order valence-electron chi connectivity index (χ0n) is 17.5. The Kier molecular flexibility index (Phi) is 7.01. The Hall–Kier alpha value is -4.28. The van der Waals surface area contributed by atoms with Crippen molar-refractivity contribution in [2.24, 2.45) is 0 Å². The van der Waals surface area contributed by atoms with E-state index in [0.29, 0.717) is 22.7 Å². The third kappa shape index (κ3) is 4.97. The smallest absolute Gasteiger partial charge is 0.419 e. The maximum Gasteiger partial charge on any atom is 0.419 e. The van der Waals surface area contributed by atoms with Gasteiger partial charge in [-0.3, -0.25) is 24.1 Å². The molecule has 0 saturated carbocycles. The number of benzene rings is 2. The van der Waals surface area contributed by atoms with Crippen LogP contribution in [-0.2, 0) is 23.9 Å². The van der Waals surface area contributed by atoms with E-state index in [0.717, 1.165) is 0 Å². The zero-order chi connectivity index (χ0) is 24.1. The molecule has 0 aromatic heterocycles. The monoisotopic (exact) mass is 457 g/mol. The number of carbonyl (C=O) groups is 5. The van der Waals surface area contributed by atoms with Crippen LogP contribution < -0.4 is 15.1 Å². The predicted molar refractivity (Wildman–Crippen MR) is 114 cm³/mol. The molecule has 1 atom stereocenters. The molecule has 2 aromatic rings. The minimum Gasteiger partial charge on any atom is -0.481 e. The molecule has 172 valence electrons. The standard InChI is InChI=1S/C22H20FN3O7/c1-13(27)25-15-6-2-4-8-17(15)26(18-9-5-3-7-16(18)25)22(32)33-12-20(29)24-14(10-21(30)31)19(28)11-23/h2-9,14H,10-12H2,1H3,(H,24,29)(H,30,31). The normalized spacial score (nSPS) is 12.8. The molecule has 1 aliphatic heterocycles. The number of alkyl halides is 1. The van der Waals surface area contributed by atoms with Gasteiger partial charge >= 0.3 is 12.1 Å². The first-order chi connectivity index (χ1) is 15.7. The van der Waals surface area contributed by atoms with Crippen molar-refractivity contribution >= 4 is 52.4 Å². The van der Waals surface area contributed by atoms with Crippen molar-refractivity contribution in [2.45, 2.75) is 19.4 Å². The number of Topliss-reactive ketones (excluding diaryl/α,β-unsaturated/α-hetero) is 1. The van der Waals surface area contributed by atoms with Gasteiger partial charge in [0, 0.05) is 6.92 Å². The summed E-state index contributed by atoms with van der Waals surface area (Å²) in [6.45, 7) is -0.907. The Bertz CT molecular complexity index is 1070. The van der Waals surface area contributed by atoms with Crippen LogP contribution >= 0.6 is 0 Å². The highest BCUT2D eigenvalue weighted by Crippen LogP contribution is 2.47. The van der Waals surface area contributed by atoms with Gasteiger partial charge in [-0.25, -0.2) is 14.1 Å². The lowest BCUT2D eigenvalue weighted by Gasteiger charge is -2.36. The molecule has 3 rings (SSSR count). The van der Waals surface area contributed by atoms with E-state index in [1.54, 1.807) is 48.5 Å². The molecule has 3 amide bonds. The summed E-state index contributed by atoms with van der Waals surface area (Å²) < 4.78 is 17.7. The van der Waals surface area contributed by atoms with Crippen molar-refractivity contribution < 1.29 is 38.2 Å². The number of nitrogens with zero attached hydrogens (tertiary/aromatic N) is 2. The summed E-state index contributed by atoms with van der Waals surface area (Å²) in [5.41, 5.74) is 1.54. The second kappa shape index (κ2) is 9.90. The lowest BCUT2D eigenvalue weighted by Crippen LogP contribution is -2.45. The number of ether oxygens (including phenoxy) is 1. The number of nitrogens with one attached hydrogen (secondary N) is 1. The van der Waals surface area contributed by atoms with Gasteiger partial charge in [0.2, 0.25) is 5.91 Å². The molecule has 2 aromatic carbocycles. The van der Waals surface area contributed by atoms with Crippen LogP contribution in [-0.4, -0.2) is 54.1 Å². The highest BCUT2D eigenvalue weighted by Gasteiger charge is 2.34. The van der Waals surface area contributed by atoms with Gasteiger partial charge in [-0.15, -0.1) is 0 Å². The molecule has 0 bridgehead atoms. The fourth-order valence-corrected chi connectivity index (χ4v) is 3.42. The number of rotatable bonds is 7. The highest BCUT2D eigenvalue weighted by molar-refractivity contribution is 6.14. The van der Waals surface area contributed by atoms with Crippen LogP contribution in [0.3, 0.4) is 0 Å². The lowest BCUT2D eigenvalue weighted by molar-refractivity contribution is -0.140. The second-order valence-electron chi connectivity index (χ2n) is 7.04. The Morgan fingerprint density at radius 3 is 1.85 bits per heavy atom. The molecule has 11 heteroatoms. The summed E-state index contributed by atoms with van der Waals surface area (Å²) in [5, 5.41) is 10.9. The van der Waals surface area contributed by atoms with E-state index in [2.05, 4.69) is 5.32 Å². The number of amides is 3. The van der Waals surface area contributed by atoms with Crippen LogP contribution in [0, 0.1) is 0 Å². The van der Waals surface area contributed by atoms with E-state index in [1.165, 1.54) is 16.7 Å². The molecule has 10 nitrogen and oxygen atoms in total. The van der Waals surface area contributed by atoms with Gasteiger partial charge in [-0.1, -0.05) is 24.3 Å². The molecule has 0 radical (unpaired) electrons. The van der Waals surface area contributed by atoms with Crippen molar-refractivity contribution in [3.8, 4) is 0 Å². The van der Waals surface area contributed by atoms with Crippen LogP contribution in [0.5, 0.6) is 0 Å². The van der Waals surface area contributed by atoms with Crippen molar-refractivity contribution in [3.63, 3.8) is 0 Å². The number of ketones is 1. The van der Waals surface area contributed by atoms with Crippen LogP contribution in [0.4, 0.5) is 31.9 Å². The summed E-state index contributed by atoms with van der Waals surface area (Å²) in [5.74, 6) is -3.76. The number of carboxylic acid groups (broad SMARTS) is 1. The number of para-hydroxylation sites is 4. The van der Waals surface area contributed by atoms with Crippen molar-refractivity contribution in [1.82, 2.24) is 5.32 Å². The van der Waals surface area contributed by atoms with Gasteiger partial charge in [0.1, 0.15) is 12.7 Å². The number of anilines is 4. The number of carbonyl (C=O) groups excluding carboxylic acids is 4. The Balaban J connectivity index is 1.81. The first kappa shape index (κ1) is 23.4. The molecule has 1 aliphatic rings. The average molecular weight is 457 g/mol. The molecule has 0 saturated heterocycles. The first-order valence-electron chi connectivity index (χ1n) is 9.80. The molecule has 2 N–H and O–H groups in total. The number of halogens is 1. The van der Waals surface area contributed by atoms with Crippen LogP contribution in [0.1, 0.15) is 13.3 Å². The van der Waals surface area contributed by atoms with E-state index in [1.807, 2.05) is 0 Å². The third-order valence-electron chi connectivity index (χ3n) is 4.79. The van der Waals surface area contributed by atoms with Crippen LogP contribution in [0.2, 0.25) is 0 Å². The van der Waals surface area contributed by atoms with Crippen molar-refractivity contribution in [3.05, 3.63) is 48.5 Å². The minimum absolute atomic E-state index is 0.274. The van der Waals surface area contributed by atoms with Gasteiger partial charge in [-0.2, -0.15) is 0 Å². The molecule has 0 spiro atoms. The Morgan fingerprint density at radius 1 is 0.939 bits per heavy atom. The highest BCUT2D eigenvalue weighted by atomic mass is 19.1. The van der Waals surface area contributed by atoms with E-state index >= 15 is 0 Å². The average Bonchev–Trinajstić information content (AvgIpc) is 2.79. The number of aliphatic carboxylic acids is 1. The number of carboxylic acids is 1. The molecule has 33 heavy (non-hydrogen) atoms. The van der Waals surface area contributed by atoms with E-state index < -0.39 is 49.5 Å². The number of hydrogen-bond donors (Lipinski definition) is 2. The topological polar surface area (TPSA) is 133 Å². The SMILES string of the molecule is CC(=O)N1c2ccccc2N(C(=O)OCC(=O)NC(CC(=O)O)C(=O)CF)c2ccccc21. The summed E-state index contributed by atoms with van der Waals surface area (Å²) in [6, 6.07) is 11.6. The fourth-order valence-electron chi connectivity index (χ4n) is 3.42. The van der Waals surface area contributed by atoms with Gasteiger partial charge in [0.25, 0.3) is 5.91 Å². The summed E-state index contributed by atoms with van der Waals surface area (Å²) >= 11 is 0. The Labute approximate surface area is 187 Å². The lowest BCUT2D eigenvalue weighted by atomic mass is 10.1. The summed E-state index contributed by atoms with van der Waals surface area (Å²) in [4.78, 5) is 62.4. The number of fused-ring (bicyclic) bond motifs is 2. The summed E-state index contributed by atoms with van der Waals surface area (Å²) in [7, 11) is 0. The molecule has 0 fully saturated rings. The molecule has 1 heterocycles. The molecule has 1 unspecified atom stereocenters. The second-order valence-corrected chi connectivity index (χ2v) is 7.04. The minimum atomic E-state index is -1.58. The first-order valence-corrected chi connectivity index (χ1v) is 9.80. The van der Waals surface area contributed by atoms with Crippen LogP contribution in [0.15, 0.2) is 48.5 Å². The molecule has 0 aliphatic carbocycles. The summed E-state index contributed by atoms with van der Waals surface area (Å²) in [6.07, 6.45) is -1.75. The van der Waals surface area contributed by atoms with Gasteiger partial charge in [0.15, 0.2) is 12.4 Å². The van der Waals surface area contributed by atoms with Gasteiger partial charge in [-0.05, 0) is 24.3 Å². The van der Waals surface area contributed by atoms with E-state index in [9.17, 15) is 28.4 Å². The predicted octanol–water partition coefficient (Wildman–Crippen LogP) is 2.46. The molecular weight excluding hydrogens is 437 g/mol. The Morgan fingerprint density at radius 2 is 1.42 bits per heavy atom. The zero-order valence-corrected chi connectivity index (χ0v) is 17.5. The number of hydrogen-bond acceptors (Lipinski definition) is 6. The van der Waals surface area contributed by atoms with E-state index in [4.69, 9.17) is 9.84 Å². The third-order valence-corrected chi connectivity index (χ3v) is 4.79. The fraction of sp³-hybridized carbons (Fsp3) is 0.227. The van der Waals surface area contributed by atoms with Crippen LogP contribution in [0.25, 0.3) is 0 Å². The van der Waals surface area contributed by atoms with Gasteiger partial charge < -0.3 is 15.2 Å². The molecular formula is C22H20FN3O7. The van der Waals surface area contributed by atoms with E-state index in [-0.39, 0.29) is 5.91 Å². The van der Waals surface area contributed by atoms with Crippen molar-refractivity contribution in [1.29, 1.82) is 0 Å². The van der Waals surface area contributed by atoms with Gasteiger partial charge in [0.05, 0.1) is 29.2 Å². The largest absolute Gasteiger partial charge is 0.481 e. The maximum absolute atomic E-state index is 13.0. The quantitative estimate of drug-likeness (QED) is 0.652. The van der Waals surface area contributed by atoms with Crippen molar-refractivity contribution in [2.75, 3.05) is 23.1 Å². The maximum atomic E-state index is 13.0.